The number of benzene rings is 2. The molecule has 0 saturated carbocycles. The van der Waals surface area contributed by atoms with Crippen molar-refractivity contribution in [2.24, 2.45) is 0 Å². The molecule has 0 amide bonds. The first-order chi connectivity index (χ1) is 16.1. The highest BCUT2D eigenvalue weighted by molar-refractivity contribution is 5.76. The van der Waals surface area contributed by atoms with Gasteiger partial charge in [0.25, 0.3) is 0 Å². The summed E-state index contributed by atoms with van der Waals surface area (Å²) in [5, 5.41) is 0. The largest absolute Gasteiger partial charge is 0.324 e. The summed E-state index contributed by atoms with van der Waals surface area (Å²) in [6, 6.07) is 19.9. The maximum Gasteiger partial charge on any atom is 0.124 e. The van der Waals surface area contributed by atoms with Crippen LogP contribution in [-0.2, 0) is 13.0 Å². The Kier molecular flexibility index (Phi) is 6.23. The molecule has 1 aliphatic rings. The second kappa shape index (κ2) is 9.44. The van der Waals surface area contributed by atoms with Gasteiger partial charge in [-0.3, -0.25) is 9.88 Å². The zero-order chi connectivity index (χ0) is 22.8. The van der Waals surface area contributed by atoms with Gasteiger partial charge in [-0.05, 0) is 81.1 Å². The van der Waals surface area contributed by atoms with E-state index in [1.165, 1.54) is 18.0 Å². The van der Waals surface area contributed by atoms with E-state index in [1.807, 2.05) is 12.3 Å². The SMILES string of the molecule is CC(C)n1c(CN2CCC[C@H](c3ccc(Cc4cccc(F)c4)cn3)C2)nc2ccccc21. The van der Waals surface area contributed by atoms with Crippen molar-refractivity contribution in [3.63, 3.8) is 0 Å². The predicted molar refractivity (Wildman–Crippen MR) is 131 cm³/mol. The minimum atomic E-state index is -0.189. The van der Waals surface area contributed by atoms with E-state index in [0.29, 0.717) is 18.4 Å². The van der Waals surface area contributed by atoms with Gasteiger partial charge in [0.2, 0.25) is 0 Å². The molecular weight excluding hydrogens is 411 g/mol. The maximum absolute atomic E-state index is 13.5. The molecule has 2 aromatic heterocycles. The molecule has 4 nitrogen and oxygen atoms in total. The van der Waals surface area contributed by atoms with Crippen LogP contribution in [0.1, 0.15) is 61.3 Å². The lowest BCUT2D eigenvalue weighted by Gasteiger charge is -2.32. The lowest BCUT2D eigenvalue weighted by Crippen LogP contribution is -2.35. The number of hydrogen-bond donors (Lipinski definition) is 0. The number of halogens is 1. The first-order valence-corrected chi connectivity index (χ1v) is 11.9. The third-order valence-corrected chi connectivity index (χ3v) is 6.62. The van der Waals surface area contributed by atoms with Crippen molar-refractivity contribution in [2.75, 3.05) is 13.1 Å². The molecule has 0 unspecified atom stereocenters. The smallest absolute Gasteiger partial charge is 0.124 e. The highest BCUT2D eigenvalue weighted by Gasteiger charge is 2.24. The summed E-state index contributed by atoms with van der Waals surface area (Å²) in [5.41, 5.74) is 5.53. The van der Waals surface area contributed by atoms with Crippen molar-refractivity contribution in [3.05, 3.63) is 95.3 Å². The van der Waals surface area contributed by atoms with Crippen LogP contribution < -0.4 is 0 Å². The fourth-order valence-corrected chi connectivity index (χ4v) is 5.09. The molecule has 0 aliphatic carbocycles. The van der Waals surface area contributed by atoms with E-state index < -0.39 is 0 Å². The average Bonchev–Trinajstić information content (AvgIpc) is 3.18. The van der Waals surface area contributed by atoms with Gasteiger partial charge in [-0.25, -0.2) is 9.37 Å². The molecule has 0 spiro atoms. The molecule has 5 rings (SSSR count). The summed E-state index contributed by atoms with van der Waals surface area (Å²) in [4.78, 5) is 12.3. The molecular formula is C28H31FN4. The number of rotatable bonds is 6. The van der Waals surface area contributed by atoms with E-state index in [-0.39, 0.29) is 5.82 Å². The summed E-state index contributed by atoms with van der Waals surface area (Å²) in [6.45, 7) is 7.41. The Balaban J connectivity index is 1.28. The topological polar surface area (TPSA) is 34.0 Å². The number of fused-ring (bicyclic) bond motifs is 1. The molecule has 4 aromatic rings. The van der Waals surface area contributed by atoms with Gasteiger partial charge < -0.3 is 4.57 Å². The molecule has 1 fully saturated rings. The predicted octanol–water partition coefficient (Wildman–Crippen LogP) is 6.12. The minimum absolute atomic E-state index is 0.189. The molecule has 0 radical (unpaired) electrons. The number of pyridine rings is 1. The molecule has 0 bridgehead atoms. The van der Waals surface area contributed by atoms with Gasteiger partial charge in [0.1, 0.15) is 11.6 Å². The van der Waals surface area contributed by atoms with Crippen molar-refractivity contribution in [2.45, 2.75) is 51.6 Å². The molecule has 33 heavy (non-hydrogen) atoms. The van der Waals surface area contributed by atoms with Crippen LogP contribution >= 0.6 is 0 Å². The first kappa shape index (κ1) is 21.8. The van der Waals surface area contributed by atoms with Crippen LogP contribution in [0, 0.1) is 5.82 Å². The lowest BCUT2D eigenvalue weighted by molar-refractivity contribution is 0.191. The normalized spacial score (nSPS) is 17.2. The van der Waals surface area contributed by atoms with Gasteiger partial charge in [-0.1, -0.05) is 30.3 Å². The van der Waals surface area contributed by atoms with Crippen LogP contribution in [0.4, 0.5) is 4.39 Å². The quantitative estimate of drug-likeness (QED) is 0.361. The van der Waals surface area contributed by atoms with Crippen LogP contribution in [0.2, 0.25) is 0 Å². The summed E-state index contributed by atoms with van der Waals surface area (Å²) in [6.07, 6.45) is 4.98. The number of imidazole rings is 1. The van der Waals surface area contributed by atoms with Gasteiger partial charge >= 0.3 is 0 Å². The summed E-state index contributed by atoms with van der Waals surface area (Å²) < 4.78 is 15.8. The number of likely N-dealkylation sites (tertiary alicyclic amines) is 1. The van der Waals surface area contributed by atoms with E-state index in [1.54, 1.807) is 12.1 Å². The summed E-state index contributed by atoms with van der Waals surface area (Å²) >= 11 is 0. The highest BCUT2D eigenvalue weighted by Crippen LogP contribution is 2.28. The highest BCUT2D eigenvalue weighted by atomic mass is 19.1. The Morgan fingerprint density at radius 1 is 1.03 bits per heavy atom. The van der Waals surface area contributed by atoms with Crippen molar-refractivity contribution in [1.82, 2.24) is 19.4 Å². The number of nitrogens with zero attached hydrogens (tertiary/aromatic N) is 4. The molecule has 3 heterocycles. The minimum Gasteiger partial charge on any atom is -0.324 e. The Morgan fingerprint density at radius 3 is 2.70 bits per heavy atom. The van der Waals surface area contributed by atoms with Gasteiger partial charge in [0.05, 0.1) is 17.6 Å². The van der Waals surface area contributed by atoms with E-state index in [0.717, 1.165) is 54.2 Å². The Bertz CT molecular complexity index is 1230. The van der Waals surface area contributed by atoms with Crippen LogP contribution in [0.25, 0.3) is 11.0 Å². The van der Waals surface area contributed by atoms with E-state index in [4.69, 9.17) is 9.97 Å². The molecule has 1 saturated heterocycles. The average molecular weight is 443 g/mol. The van der Waals surface area contributed by atoms with Crippen LogP contribution in [0.5, 0.6) is 0 Å². The number of hydrogen-bond acceptors (Lipinski definition) is 3. The number of aromatic nitrogens is 3. The third kappa shape index (κ3) is 4.83. The van der Waals surface area contributed by atoms with Gasteiger partial charge in [-0.2, -0.15) is 0 Å². The fraction of sp³-hybridized carbons (Fsp3) is 0.357. The van der Waals surface area contributed by atoms with Crippen molar-refractivity contribution < 1.29 is 4.39 Å². The van der Waals surface area contributed by atoms with Crippen molar-refractivity contribution in [3.8, 4) is 0 Å². The van der Waals surface area contributed by atoms with Crippen LogP contribution in [0.3, 0.4) is 0 Å². The Hall–Kier alpha value is -3.05. The van der Waals surface area contributed by atoms with E-state index in [9.17, 15) is 4.39 Å². The fourth-order valence-electron chi connectivity index (χ4n) is 5.09. The van der Waals surface area contributed by atoms with Crippen LogP contribution in [-0.4, -0.2) is 32.5 Å². The molecule has 5 heteroatoms. The second-order valence-corrected chi connectivity index (χ2v) is 9.45. The monoisotopic (exact) mass is 442 g/mol. The van der Waals surface area contributed by atoms with E-state index in [2.05, 4.69) is 59.7 Å². The lowest BCUT2D eigenvalue weighted by atomic mass is 9.93. The van der Waals surface area contributed by atoms with Crippen LogP contribution in [0.15, 0.2) is 66.9 Å². The van der Waals surface area contributed by atoms with Crippen molar-refractivity contribution >= 4 is 11.0 Å². The molecule has 170 valence electrons. The molecule has 2 aromatic carbocycles. The third-order valence-electron chi connectivity index (χ3n) is 6.62. The summed E-state index contributed by atoms with van der Waals surface area (Å²) in [5.74, 6) is 1.38. The zero-order valence-corrected chi connectivity index (χ0v) is 19.4. The van der Waals surface area contributed by atoms with Gasteiger partial charge in [0, 0.05) is 30.4 Å². The zero-order valence-electron chi connectivity index (χ0n) is 19.4. The van der Waals surface area contributed by atoms with Gasteiger partial charge in [-0.15, -0.1) is 0 Å². The molecule has 1 aliphatic heterocycles. The van der Waals surface area contributed by atoms with E-state index >= 15 is 0 Å². The number of piperidine rings is 1. The number of para-hydroxylation sites is 2. The summed E-state index contributed by atoms with van der Waals surface area (Å²) in [7, 11) is 0. The second-order valence-electron chi connectivity index (χ2n) is 9.45. The standard InChI is InChI=1S/C28H31FN4/c1-20(2)33-27-11-4-3-10-26(27)31-28(33)19-32-14-6-8-23(18-32)25-13-12-22(17-30-25)15-21-7-5-9-24(29)16-21/h3-5,7,9-13,16-17,20,23H,6,8,14-15,18-19H2,1-2H3/t23-/m0/s1. The van der Waals surface area contributed by atoms with Crippen molar-refractivity contribution in [1.29, 1.82) is 0 Å². The van der Waals surface area contributed by atoms with Gasteiger partial charge in [0.15, 0.2) is 0 Å². The Labute approximate surface area is 195 Å². The Morgan fingerprint density at radius 2 is 1.91 bits per heavy atom. The molecule has 1 atom stereocenters. The first-order valence-electron chi connectivity index (χ1n) is 11.9. The maximum atomic E-state index is 13.5. The molecule has 0 N–H and O–H groups in total.